The van der Waals surface area contributed by atoms with Crippen LogP contribution in [0, 0.1) is 6.92 Å². The van der Waals surface area contributed by atoms with E-state index in [0.717, 1.165) is 10.8 Å². The first-order chi connectivity index (χ1) is 20.8. The number of ether oxygens (including phenoxy) is 2. The number of nitrogens with zero attached hydrogens (tertiary/aromatic N) is 2. The lowest BCUT2D eigenvalue weighted by atomic mass is 9.96. The molecule has 1 aliphatic heterocycles. The van der Waals surface area contributed by atoms with Gasteiger partial charge in [-0.15, -0.1) is 4.57 Å². The summed E-state index contributed by atoms with van der Waals surface area (Å²) in [7, 11) is 1.54. The van der Waals surface area contributed by atoms with Gasteiger partial charge in [-0.1, -0.05) is 42.5 Å². The maximum Gasteiger partial charge on any atom is 0.372 e. The summed E-state index contributed by atoms with van der Waals surface area (Å²) in [6.07, 6.45) is 1.63. The number of benzene rings is 3. The Kier molecular flexibility index (Phi) is 7.29. The zero-order valence-electron chi connectivity index (χ0n) is 23.4. The zero-order valence-corrected chi connectivity index (χ0v) is 24.2. The van der Waals surface area contributed by atoms with Crippen molar-refractivity contribution in [3.05, 3.63) is 100 Å². The Morgan fingerprint density at radius 3 is 2.53 bits per heavy atom. The minimum absolute atomic E-state index is 0.153. The third-order valence-electron chi connectivity index (χ3n) is 7.04. The molecule has 0 spiro atoms. The molecule has 9 nitrogen and oxygen atoms in total. The highest BCUT2D eigenvalue weighted by atomic mass is 32.2. The normalized spacial score (nSPS) is 13.4. The van der Waals surface area contributed by atoms with E-state index in [0.29, 0.717) is 49.8 Å². The van der Waals surface area contributed by atoms with Gasteiger partial charge >= 0.3 is 23.0 Å². The Labute approximate surface area is 250 Å². The molecule has 214 valence electrons. The second-order valence-corrected chi connectivity index (χ2v) is 10.6. The average molecular weight is 594 g/mol. The summed E-state index contributed by atoms with van der Waals surface area (Å²) in [5, 5.41) is 11.3. The van der Waals surface area contributed by atoms with Crippen LogP contribution in [0.1, 0.15) is 43.9 Å². The van der Waals surface area contributed by atoms with Crippen LogP contribution in [0.5, 0.6) is 5.75 Å². The van der Waals surface area contributed by atoms with E-state index in [1.807, 2.05) is 36.4 Å². The van der Waals surface area contributed by atoms with E-state index >= 15 is 0 Å². The predicted molar refractivity (Wildman–Crippen MR) is 160 cm³/mol. The highest BCUT2D eigenvalue weighted by Crippen LogP contribution is 2.41. The van der Waals surface area contributed by atoms with Gasteiger partial charge in [0.2, 0.25) is 0 Å². The lowest BCUT2D eigenvalue weighted by molar-refractivity contribution is -0.601. The molecular weight excluding hydrogens is 568 g/mol. The molecule has 0 aliphatic carbocycles. The number of rotatable bonds is 7. The largest absolute Gasteiger partial charge is 0.496 e. The van der Waals surface area contributed by atoms with Crippen molar-refractivity contribution in [1.29, 1.82) is 0 Å². The number of carbonyl (C=O) groups is 3. The van der Waals surface area contributed by atoms with Crippen LogP contribution >= 0.6 is 11.8 Å². The molecule has 3 heterocycles. The van der Waals surface area contributed by atoms with Gasteiger partial charge in [-0.25, -0.2) is 14.4 Å². The average Bonchev–Trinajstić information content (AvgIpc) is 3.60. The van der Waals surface area contributed by atoms with Crippen LogP contribution in [0.25, 0.3) is 39.4 Å². The van der Waals surface area contributed by atoms with Gasteiger partial charge < -0.3 is 19.0 Å². The molecule has 0 atom stereocenters. The molecule has 6 rings (SSSR count). The Morgan fingerprint density at radius 1 is 1.05 bits per heavy atom. The van der Waals surface area contributed by atoms with Gasteiger partial charge in [-0.2, -0.15) is 0 Å². The first-order valence-corrected chi connectivity index (χ1v) is 14.2. The number of allylic oxidation sites excluding steroid dienone is 1. The lowest BCUT2D eigenvalue weighted by Crippen LogP contribution is -2.45. The number of methoxy groups -OCH3 is 1. The van der Waals surface area contributed by atoms with Gasteiger partial charge in [0, 0.05) is 30.3 Å². The topological polar surface area (TPSA) is 120 Å². The van der Waals surface area contributed by atoms with Crippen molar-refractivity contribution < 1.29 is 37.9 Å². The molecule has 0 saturated heterocycles. The second kappa shape index (κ2) is 11.2. The number of hydrogen-bond donors (Lipinski definition) is 1. The van der Waals surface area contributed by atoms with Crippen molar-refractivity contribution in [1.82, 2.24) is 4.98 Å². The summed E-state index contributed by atoms with van der Waals surface area (Å²) in [6, 6.07) is 21.2. The maximum absolute atomic E-state index is 14.1. The molecule has 3 aromatic carbocycles. The molecule has 0 radical (unpaired) electrons. The lowest BCUT2D eigenvalue weighted by Gasteiger charge is -2.15. The van der Waals surface area contributed by atoms with Crippen molar-refractivity contribution in [3.63, 3.8) is 0 Å². The van der Waals surface area contributed by atoms with E-state index in [1.165, 1.54) is 28.5 Å². The highest BCUT2D eigenvalue weighted by molar-refractivity contribution is 8.04. The molecule has 0 unspecified atom stereocenters. The summed E-state index contributed by atoms with van der Waals surface area (Å²) in [5.41, 5.74) is 2.38. The first-order valence-electron chi connectivity index (χ1n) is 13.4. The van der Waals surface area contributed by atoms with Crippen molar-refractivity contribution in [2.24, 2.45) is 0 Å². The molecule has 0 fully saturated rings. The zero-order chi connectivity index (χ0) is 30.2. The minimum Gasteiger partial charge on any atom is -0.496 e. The Morgan fingerprint density at radius 2 is 1.81 bits per heavy atom. The number of aromatic nitrogens is 2. The van der Waals surface area contributed by atoms with Crippen LogP contribution < -0.4 is 9.30 Å². The molecule has 0 bridgehead atoms. The third kappa shape index (κ3) is 4.95. The van der Waals surface area contributed by atoms with Crippen LogP contribution in [-0.4, -0.2) is 41.7 Å². The van der Waals surface area contributed by atoms with Crippen molar-refractivity contribution in [2.45, 2.75) is 19.0 Å². The maximum atomic E-state index is 14.1. The van der Waals surface area contributed by atoms with Gasteiger partial charge in [-0.05, 0) is 53.0 Å². The fraction of sp³-hybridized carbons (Fsp3) is 0.121. The quantitative estimate of drug-likeness (QED) is 0.0985. The number of thioether (sulfide) groups is 1. The van der Waals surface area contributed by atoms with Gasteiger partial charge in [0.15, 0.2) is 17.0 Å². The SMILES string of the molecule is CCOC(=O)c1c(C)nc2[n+](c1-c1c(OC)ccc3ccccc13)C(=O)C(=Cc1ccc(-c3ccc(C(=O)O)cc3)o1)S2. The van der Waals surface area contributed by atoms with Crippen LogP contribution in [0.2, 0.25) is 0 Å². The number of aromatic carboxylic acids is 1. The van der Waals surface area contributed by atoms with E-state index in [-0.39, 0.29) is 23.6 Å². The van der Waals surface area contributed by atoms with Crippen LogP contribution in [0.4, 0.5) is 0 Å². The van der Waals surface area contributed by atoms with Crippen molar-refractivity contribution in [2.75, 3.05) is 13.7 Å². The number of furan rings is 1. The number of hydrogen-bond acceptors (Lipinski definition) is 8. The molecule has 0 saturated carbocycles. The minimum atomic E-state index is -1.01. The number of aryl methyl sites for hydroxylation is 1. The van der Waals surface area contributed by atoms with E-state index in [1.54, 1.807) is 51.3 Å². The third-order valence-corrected chi connectivity index (χ3v) is 8.00. The van der Waals surface area contributed by atoms with Crippen LogP contribution in [-0.2, 0) is 4.74 Å². The Balaban J connectivity index is 1.49. The molecular formula is C33H25N2O7S+. The number of carboxylic acids is 1. The van der Waals surface area contributed by atoms with E-state index in [2.05, 4.69) is 4.98 Å². The predicted octanol–water partition coefficient (Wildman–Crippen LogP) is 6.43. The van der Waals surface area contributed by atoms with E-state index in [9.17, 15) is 14.4 Å². The van der Waals surface area contributed by atoms with E-state index < -0.39 is 11.9 Å². The summed E-state index contributed by atoms with van der Waals surface area (Å²) in [4.78, 5) is 43.6. The fourth-order valence-corrected chi connectivity index (χ4v) is 6.07. The monoisotopic (exact) mass is 593 g/mol. The smallest absolute Gasteiger partial charge is 0.372 e. The molecule has 1 N–H and O–H groups in total. The Hall–Kier alpha value is -5.22. The molecule has 1 aliphatic rings. The van der Waals surface area contributed by atoms with Gasteiger partial charge in [-0.3, -0.25) is 0 Å². The summed E-state index contributed by atoms with van der Waals surface area (Å²) in [6.45, 7) is 3.59. The molecule has 43 heavy (non-hydrogen) atoms. The fourth-order valence-electron chi connectivity index (χ4n) is 5.07. The van der Waals surface area contributed by atoms with Gasteiger partial charge in [0.1, 0.15) is 22.2 Å². The molecule has 10 heteroatoms. The number of carbonyl (C=O) groups excluding carboxylic acids is 2. The van der Waals surface area contributed by atoms with Gasteiger partial charge in [0.05, 0.1) is 24.8 Å². The van der Waals surface area contributed by atoms with Gasteiger partial charge in [0.25, 0.3) is 0 Å². The molecule has 2 aromatic heterocycles. The van der Waals surface area contributed by atoms with Crippen LogP contribution in [0.3, 0.4) is 0 Å². The standard InChI is InChI=1S/C33H24N2O7S/c1-4-41-32(39)27-18(2)34-33-35(29(27)28-23-8-6-5-7-19(23)13-15-25(28)40-3)30(36)26(43-33)17-22-14-16-24(42-22)20-9-11-21(12-10-20)31(37)38/h5-17H,4H2,1-3H3/p+1. The number of carboxylic acid groups (broad SMARTS) is 1. The second-order valence-electron chi connectivity index (χ2n) is 9.62. The highest BCUT2D eigenvalue weighted by Gasteiger charge is 2.43. The van der Waals surface area contributed by atoms with Crippen LogP contribution in [0.15, 0.2) is 87.3 Å². The van der Waals surface area contributed by atoms with E-state index in [4.69, 9.17) is 19.0 Å². The Bertz CT molecular complexity index is 1980. The number of fused-ring (bicyclic) bond motifs is 2. The van der Waals surface area contributed by atoms with Crippen molar-refractivity contribution in [3.8, 4) is 28.3 Å². The first kappa shape index (κ1) is 27.9. The summed E-state index contributed by atoms with van der Waals surface area (Å²) >= 11 is 1.17. The summed E-state index contributed by atoms with van der Waals surface area (Å²) in [5.74, 6) is -0.554. The number of esters is 1. The molecule has 0 amide bonds. The van der Waals surface area contributed by atoms with Crippen molar-refractivity contribution >= 4 is 46.5 Å². The molecule has 5 aromatic rings. The summed E-state index contributed by atoms with van der Waals surface area (Å²) < 4.78 is 18.6.